The smallest absolute Gasteiger partial charge is 0.279 e. The molecule has 0 aromatic heterocycles. The number of hydrogen-bond donors (Lipinski definition) is 2. The highest BCUT2D eigenvalue weighted by Crippen LogP contribution is 2.08. The minimum atomic E-state index is -0.117. The van der Waals surface area contributed by atoms with Crippen molar-refractivity contribution in [3.8, 4) is 0 Å². The minimum absolute atomic E-state index is 0. The molecule has 0 radical (unpaired) electrons. The van der Waals surface area contributed by atoms with E-state index in [9.17, 15) is 9.59 Å². The first-order valence-electron chi connectivity index (χ1n) is 7.46. The van der Waals surface area contributed by atoms with E-state index in [1.54, 1.807) is 0 Å². The molecule has 0 atom stereocenters. The summed E-state index contributed by atoms with van der Waals surface area (Å²) in [6.45, 7) is 0.439. The Morgan fingerprint density at radius 3 is 1.42 bits per heavy atom. The quantitative estimate of drug-likeness (QED) is 0.642. The van der Waals surface area contributed by atoms with Crippen LogP contribution in [0.5, 0.6) is 0 Å². The van der Waals surface area contributed by atoms with E-state index in [1.165, 1.54) is 0 Å². The molecule has 2 rings (SSSR count). The molecule has 5 nitrogen and oxygen atoms in total. The number of carbonyl (C=O) groups is 2. The van der Waals surface area contributed by atoms with Crippen molar-refractivity contribution in [1.29, 1.82) is 0 Å². The van der Waals surface area contributed by atoms with Crippen molar-refractivity contribution in [2.45, 2.75) is 0 Å². The second kappa shape index (κ2) is 9.20. The Balaban J connectivity index is 0.00000288. The van der Waals surface area contributed by atoms with Gasteiger partial charge in [0.05, 0.1) is 14.1 Å². The number of quaternary nitrogens is 1. The lowest BCUT2D eigenvalue weighted by Gasteiger charge is -2.28. The van der Waals surface area contributed by atoms with Crippen LogP contribution in [-0.4, -0.2) is 43.5 Å². The minimum Gasteiger partial charge on any atom is -1.00 e. The van der Waals surface area contributed by atoms with Crippen LogP contribution in [0, 0.1) is 0 Å². The van der Waals surface area contributed by atoms with E-state index in [0.29, 0.717) is 0 Å². The average Bonchev–Trinajstić information content (AvgIpc) is 2.47. The van der Waals surface area contributed by atoms with Gasteiger partial charge in [0.25, 0.3) is 11.8 Å². The molecule has 128 valence electrons. The maximum absolute atomic E-state index is 12.1. The van der Waals surface area contributed by atoms with Crippen LogP contribution >= 0.6 is 0 Å². The van der Waals surface area contributed by atoms with Gasteiger partial charge < -0.3 is 32.1 Å². The highest BCUT2D eigenvalue weighted by atomic mass is 79.9. The van der Waals surface area contributed by atoms with Gasteiger partial charge in [-0.15, -0.1) is 0 Å². The first-order valence-corrected chi connectivity index (χ1v) is 7.46. The molecule has 2 N–H and O–H groups in total. The summed E-state index contributed by atoms with van der Waals surface area (Å²) < 4.78 is 0.275. The Kier molecular flexibility index (Phi) is 7.61. The largest absolute Gasteiger partial charge is 1.00 e. The highest BCUT2D eigenvalue weighted by Gasteiger charge is 2.24. The molecule has 0 bridgehead atoms. The summed E-state index contributed by atoms with van der Waals surface area (Å²) in [7, 11) is 3.71. The van der Waals surface area contributed by atoms with E-state index >= 15 is 0 Å². The Morgan fingerprint density at radius 2 is 1.08 bits per heavy atom. The lowest BCUT2D eigenvalue weighted by atomic mass is 10.3. The number of para-hydroxylation sites is 2. The number of nitrogens with zero attached hydrogens (tertiary/aromatic N) is 1. The number of rotatable bonds is 6. The van der Waals surface area contributed by atoms with Crippen LogP contribution in [0.3, 0.4) is 0 Å². The lowest BCUT2D eigenvalue weighted by Crippen LogP contribution is -3.00. The summed E-state index contributed by atoms with van der Waals surface area (Å²) in [5.74, 6) is -0.234. The first kappa shape index (κ1) is 19.9. The predicted molar refractivity (Wildman–Crippen MR) is 92.0 cm³/mol. The predicted octanol–water partition coefficient (Wildman–Crippen LogP) is -0.656. The topological polar surface area (TPSA) is 58.2 Å². The van der Waals surface area contributed by atoms with Gasteiger partial charge in [-0.2, -0.15) is 0 Å². The lowest BCUT2D eigenvalue weighted by molar-refractivity contribution is -0.874. The van der Waals surface area contributed by atoms with E-state index in [1.807, 2.05) is 74.8 Å². The zero-order valence-corrected chi connectivity index (χ0v) is 15.4. The van der Waals surface area contributed by atoms with Crippen molar-refractivity contribution in [2.75, 3.05) is 37.8 Å². The molecule has 0 heterocycles. The van der Waals surface area contributed by atoms with Gasteiger partial charge in [0.15, 0.2) is 13.1 Å². The molecule has 0 saturated heterocycles. The van der Waals surface area contributed by atoms with E-state index < -0.39 is 0 Å². The Hall–Kier alpha value is -2.18. The molecule has 0 aliphatic carbocycles. The zero-order chi connectivity index (χ0) is 16.7. The molecule has 0 aliphatic heterocycles. The molecule has 2 aromatic rings. The molecular weight excluding hydrogens is 370 g/mol. The van der Waals surface area contributed by atoms with Crippen LogP contribution in [0.1, 0.15) is 0 Å². The fraction of sp³-hybridized carbons (Fsp3) is 0.222. The van der Waals surface area contributed by atoms with Gasteiger partial charge in [0.2, 0.25) is 0 Å². The summed E-state index contributed by atoms with van der Waals surface area (Å²) in [6, 6.07) is 18.6. The molecule has 0 fully saturated rings. The van der Waals surface area contributed by atoms with Gasteiger partial charge in [-0.25, -0.2) is 0 Å². The highest BCUT2D eigenvalue weighted by molar-refractivity contribution is 5.93. The third-order valence-corrected chi connectivity index (χ3v) is 3.26. The van der Waals surface area contributed by atoms with Crippen LogP contribution in [0.4, 0.5) is 11.4 Å². The maximum atomic E-state index is 12.1. The van der Waals surface area contributed by atoms with Crippen molar-refractivity contribution < 1.29 is 31.1 Å². The van der Waals surface area contributed by atoms with Gasteiger partial charge >= 0.3 is 0 Å². The molecule has 0 aliphatic rings. The fourth-order valence-electron chi connectivity index (χ4n) is 2.28. The van der Waals surface area contributed by atoms with E-state index in [0.717, 1.165) is 11.4 Å². The summed E-state index contributed by atoms with van der Waals surface area (Å²) in [5.41, 5.74) is 1.51. The van der Waals surface area contributed by atoms with Gasteiger partial charge in [0.1, 0.15) is 0 Å². The van der Waals surface area contributed by atoms with Gasteiger partial charge in [-0.05, 0) is 24.3 Å². The van der Waals surface area contributed by atoms with Crippen LogP contribution in [0.2, 0.25) is 0 Å². The van der Waals surface area contributed by atoms with Crippen LogP contribution in [0.15, 0.2) is 60.7 Å². The molecule has 24 heavy (non-hydrogen) atoms. The number of nitrogens with one attached hydrogen (secondary N) is 2. The van der Waals surface area contributed by atoms with Crippen molar-refractivity contribution in [2.24, 2.45) is 0 Å². The first-order chi connectivity index (χ1) is 10.9. The molecule has 0 spiro atoms. The van der Waals surface area contributed by atoms with Gasteiger partial charge in [-0.3, -0.25) is 9.59 Å². The molecule has 2 amide bonds. The second-order valence-corrected chi connectivity index (χ2v) is 6.08. The van der Waals surface area contributed by atoms with Crippen LogP contribution < -0.4 is 27.6 Å². The summed E-state index contributed by atoms with van der Waals surface area (Å²) in [5, 5.41) is 5.67. The number of hydrogen-bond acceptors (Lipinski definition) is 2. The molecule has 0 unspecified atom stereocenters. The molecule has 6 heteroatoms. The number of halogens is 1. The van der Waals surface area contributed by atoms with E-state index in [2.05, 4.69) is 10.6 Å². The summed E-state index contributed by atoms with van der Waals surface area (Å²) in [4.78, 5) is 24.2. The summed E-state index contributed by atoms with van der Waals surface area (Å²) >= 11 is 0. The number of carbonyl (C=O) groups excluding carboxylic acids is 2. The second-order valence-electron chi connectivity index (χ2n) is 6.08. The number of likely N-dealkylation sites (N-methyl/N-ethyl adjacent to an activating group) is 1. The van der Waals surface area contributed by atoms with E-state index in [-0.39, 0.29) is 46.4 Å². The zero-order valence-electron chi connectivity index (χ0n) is 13.8. The van der Waals surface area contributed by atoms with Crippen molar-refractivity contribution in [3.63, 3.8) is 0 Å². The monoisotopic (exact) mass is 391 g/mol. The van der Waals surface area contributed by atoms with Crippen LogP contribution in [0.25, 0.3) is 0 Å². The molecular formula is C18H22BrN3O2. The standard InChI is InChI=1S/C18H21N3O2.BrH/c1-21(2,13-17(22)19-15-9-5-3-6-10-15)14-18(23)20-16-11-7-4-8-12-16;/h3-12H,13-14H2,1-2H3,(H-,19,20,22,23);1H. The average molecular weight is 392 g/mol. The third kappa shape index (κ3) is 6.93. The summed E-state index contributed by atoms with van der Waals surface area (Å²) in [6.07, 6.45) is 0. The van der Waals surface area contributed by atoms with Crippen molar-refractivity contribution >= 4 is 23.2 Å². The Bertz CT molecular complexity index is 603. The van der Waals surface area contributed by atoms with Crippen LogP contribution in [-0.2, 0) is 9.59 Å². The number of amides is 2. The van der Waals surface area contributed by atoms with Crippen molar-refractivity contribution in [3.05, 3.63) is 60.7 Å². The normalized spacial score (nSPS) is 10.4. The maximum Gasteiger partial charge on any atom is 0.279 e. The Labute approximate surface area is 153 Å². The van der Waals surface area contributed by atoms with Gasteiger partial charge in [0, 0.05) is 11.4 Å². The fourth-order valence-corrected chi connectivity index (χ4v) is 2.28. The SMILES string of the molecule is C[N+](C)(CC(=O)Nc1ccccc1)CC(=O)Nc1ccccc1.[Br-]. The van der Waals surface area contributed by atoms with Gasteiger partial charge in [-0.1, -0.05) is 36.4 Å². The van der Waals surface area contributed by atoms with E-state index in [4.69, 9.17) is 0 Å². The number of benzene rings is 2. The molecule has 0 saturated carbocycles. The third-order valence-electron chi connectivity index (χ3n) is 3.26. The Morgan fingerprint density at radius 1 is 0.750 bits per heavy atom. The number of anilines is 2. The van der Waals surface area contributed by atoms with Crippen molar-refractivity contribution in [1.82, 2.24) is 0 Å². The molecule has 2 aromatic carbocycles.